The number of ether oxygens (including phenoxy) is 2. The first-order chi connectivity index (χ1) is 8.36. The summed E-state index contributed by atoms with van der Waals surface area (Å²) in [6.45, 7) is 4.45. The molecule has 0 aromatic carbocycles. The number of carboxylic acid groups (broad SMARTS) is 1. The molecule has 0 aromatic heterocycles. The van der Waals surface area contributed by atoms with Crippen molar-refractivity contribution in [3.05, 3.63) is 11.8 Å². The van der Waals surface area contributed by atoms with Gasteiger partial charge in [0.1, 0.15) is 6.54 Å². The first-order valence-corrected chi connectivity index (χ1v) is 5.38. The second-order valence-corrected chi connectivity index (χ2v) is 3.41. The summed E-state index contributed by atoms with van der Waals surface area (Å²) in [5, 5.41) is 10.9. The number of aliphatic carboxylic acids is 1. The van der Waals surface area contributed by atoms with E-state index in [0.29, 0.717) is 5.70 Å². The molecule has 0 aliphatic heterocycles. The van der Waals surface area contributed by atoms with E-state index < -0.39 is 24.0 Å². The van der Waals surface area contributed by atoms with Crippen molar-refractivity contribution in [2.45, 2.75) is 26.9 Å². The van der Waals surface area contributed by atoms with Gasteiger partial charge in [-0.1, -0.05) is 0 Å². The number of hydrogen-bond acceptors (Lipinski definition) is 6. The molecule has 0 heterocycles. The first-order valence-electron chi connectivity index (χ1n) is 5.38. The monoisotopic (exact) mass is 283 g/mol. The third-order valence-electron chi connectivity index (χ3n) is 1.76. The zero-order valence-electron chi connectivity index (χ0n) is 10.6. The van der Waals surface area contributed by atoms with E-state index in [0.717, 1.165) is 6.08 Å². The quantitative estimate of drug-likeness (QED) is 0.366. The van der Waals surface area contributed by atoms with Gasteiger partial charge in [0.15, 0.2) is 6.10 Å². The molecule has 0 fully saturated rings. The van der Waals surface area contributed by atoms with E-state index in [1.165, 1.54) is 13.8 Å². The molecule has 104 valence electrons. The van der Waals surface area contributed by atoms with Crippen LogP contribution in [0.3, 0.4) is 0 Å². The van der Waals surface area contributed by atoms with Crippen LogP contribution in [0.2, 0.25) is 0 Å². The van der Waals surface area contributed by atoms with Gasteiger partial charge in [-0.2, -0.15) is 0 Å². The molecule has 8 heteroatoms. The van der Waals surface area contributed by atoms with Gasteiger partial charge in [0.05, 0.1) is 6.61 Å². The first kappa shape index (κ1) is 20.3. The number of nitrogens with one attached hydrogen (secondary N) is 1. The predicted octanol–water partition coefficient (Wildman–Crippen LogP) is -0.589. The van der Waals surface area contributed by atoms with E-state index in [1.807, 2.05) is 0 Å². The van der Waals surface area contributed by atoms with Gasteiger partial charge in [-0.3, -0.25) is 4.79 Å². The normalized spacial score (nSPS) is 11.8. The SMILES string of the molecule is CCOC(=O)C(C)OC(=O)C=C(C)NCC(=O)O.[NaH]. The van der Waals surface area contributed by atoms with E-state index >= 15 is 0 Å². The Labute approximate surface area is 133 Å². The summed E-state index contributed by atoms with van der Waals surface area (Å²) in [4.78, 5) is 32.8. The maximum absolute atomic E-state index is 11.3. The van der Waals surface area contributed by atoms with Crippen molar-refractivity contribution in [2.24, 2.45) is 0 Å². The molecule has 0 saturated carbocycles. The van der Waals surface area contributed by atoms with Crippen molar-refractivity contribution in [2.75, 3.05) is 13.2 Å². The van der Waals surface area contributed by atoms with Gasteiger partial charge in [-0.05, 0) is 20.8 Å². The second-order valence-electron chi connectivity index (χ2n) is 3.41. The van der Waals surface area contributed by atoms with Crippen LogP contribution in [0, 0.1) is 0 Å². The van der Waals surface area contributed by atoms with Crippen molar-refractivity contribution in [1.82, 2.24) is 5.32 Å². The Morgan fingerprint density at radius 2 is 1.95 bits per heavy atom. The van der Waals surface area contributed by atoms with Gasteiger partial charge in [0.25, 0.3) is 0 Å². The number of allylic oxidation sites excluding steroid dienone is 1. The molecule has 0 saturated heterocycles. The fourth-order valence-corrected chi connectivity index (χ4v) is 0.959. The number of hydrogen-bond donors (Lipinski definition) is 2. The molecule has 0 aliphatic carbocycles. The van der Waals surface area contributed by atoms with Crippen LogP contribution in [0.15, 0.2) is 11.8 Å². The average Bonchev–Trinajstić information content (AvgIpc) is 2.26. The molecule has 1 unspecified atom stereocenters. The molecule has 19 heavy (non-hydrogen) atoms. The molecule has 0 radical (unpaired) electrons. The minimum atomic E-state index is -1.05. The molecule has 2 N–H and O–H groups in total. The molecular weight excluding hydrogens is 265 g/mol. The Balaban J connectivity index is 0. The van der Waals surface area contributed by atoms with E-state index in [9.17, 15) is 14.4 Å². The van der Waals surface area contributed by atoms with E-state index in [-0.39, 0.29) is 42.7 Å². The molecule has 1 atom stereocenters. The summed E-state index contributed by atoms with van der Waals surface area (Å²) in [6, 6.07) is 0. The Morgan fingerprint density at radius 3 is 2.42 bits per heavy atom. The average molecular weight is 283 g/mol. The Bertz CT molecular complexity index is 355. The summed E-state index contributed by atoms with van der Waals surface area (Å²) >= 11 is 0. The molecule has 0 aromatic rings. The van der Waals surface area contributed by atoms with Crippen LogP contribution < -0.4 is 5.32 Å². The molecule has 0 aliphatic rings. The van der Waals surface area contributed by atoms with Crippen molar-refractivity contribution in [3.63, 3.8) is 0 Å². The predicted molar refractivity (Wildman–Crippen MR) is 68.7 cm³/mol. The summed E-state index contributed by atoms with van der Waals surface area (Å²) in [5.41, 5.74) is 0.332. The van der Waals surface area contributed by atoms with Gasteiger partial charge >= 0.3 is 47.5 Å². The number of carbonyl (C=O) groups is 3. The zero-order valence-corrected chi connectivity index (χ0v) is 10.6. The fraction of sp³-hybridized carbons (Fsp3) is 0.545. The summed E-state index contributed by atoms with van der Waals surface area (Å²) < 4.78 is 9.42. The summed E-state index contributed by atoms with van der Waals surface area (Å²) in [7, 11) is 0. The summed E-state index contributed by atoms with van der Waals surface area (Å²) in [6.07, 6.45) is 0.0690. The Hall–Kier alpha value is -1.05. The third kappa shape index (κ3) is 10.5. The fourth-order valence-electron chi connectivity index (χ4n) is 0.959. The van der Waals surface area contributed by atoms with Gasteiger partial charge in [-0.15, -0.1) is 0 Å². The Kier molecular flexibility index (Phi) is 11.6. The van der Waals surface area contributed by atoms with Crippen molar-refractivity contribution in [1.29, 1.82) is 0 Å². The second kappa shape index (κ2) is 10.8. The standard InChI is InChI=1S/C11H17NO6.Na.H/c1-4-17-11(16)8(3)18-10(15)5-7(2)12-6-9(13)14;;/h5,8,12H,4,6H2,1-3H3,(H,13,14);;. The van der Waals surface area contributed by atoms with Crippen molar-refractivity contribution < 1.29 is 29.0 Å². The van der Waals surface area contributed by atoms with Crippen LogP contribution in [-0.2, 0) is 23.9 Å². The van der Waals surface area contributed by atoms with Crippen LogP contribution in [0.4, 0.5) is 0 Å². The van der Waals surface area contributed by atoms with Gasteiger partial charge in [0.2, 0.25) is 0 Å². The van der Waals surface area contributed by atoms with Crippen molar-refractivity contribution in [3.8, 4) is 0 Å². The molecule has 0 bridgehead atoms. The van der Waals surface area contributed by atoms with Crippen LogP contribution >= 0.6 is 0 Å². The van der Waals surface area contributed by atoms with Crippen LogP contribution in [0.5, 0.6) is 0 Å². The van der Waals surface area contributed by atoms with E-state index in [2.05, 4.69) is 10.1 Å². The molecular formula is C11H18NNaO6. The molecule has 0 amide bonds. The van der Waals surface area contributed by atoms with Crippen LogP contribution in [-0.4, -0.2) is 71.8 Å². The van der Waals surface area contributed by atoms with Gasteiger partial charge in [-0.25, -0.2) is 9.59 Å². The number of carbonyl (C=O) groups excluding carboxylic acids is 2. The van der Waals surface area contributed by atoms with Gasteiger partial charge < -0.3 is 19.9 Å². The summed E-state index contributed by atoms with van der Waals surface area (Å²) in [5.74, 6) is -2.42. The topological polar surface area (TPSA) is 102 Å². The third-order valence-corrected chi connectivity index (χ3v) is 1.76. The molecule has 7 nitrogen and oxygen atoms in total. The van der Waals surface area contributed by atoms with Gasteiger partial charge in [0, 0.05) is 11.8 Å². The Morgan fingerprint density at radius 1 is 1.37 bits per heavy atom. The number of rotatable bonds is 7. The zero-order chi connectivity index (χ0) is 14.1. The van der Waals surface area contributed by atoms with E-state index in [1.54, 1.807) is 6.92 Å². The minimum absolute atomic E-state index is 0. The van der Waals surface area contributed by atoms with E-state index in [4.69, 9.17) is 9.84 Å². The van der Waals surface area contributed by atoms with Crippen molar-refractivity contribution >= 4 is 47.5 Å². The number of carboxylic acids is 1. The van der Waals surface area contributed by atoms with Crippen LogP contribution in [0.25, 0.3) is 0 Å². The molecule has 0 rings (SSSR count). The number of esters is 2. The maximum atomic E-state index is 11.3. The van der Waals surface area contributed by atoms with Crippen LogP contribution in [0.1, 0.15) is 20.8 Å². The molecule has 0 spiro atoms.